The van der Waals surface area contributed by atoms with Gasteiger partial charge in [-0.1, -0.05) is 28.9 Å². The van der Waals surface area contributed by atoms with E-state index in [0.717, 1.165) is 28.4 Å². The van der Waals surface area contributed by atoms with Crippen LogP contribution in [-0.4, -0.2) is 11.9 Å². The van der Waals surface area contributed by atoms with Crippen molar-refractivity contribution in [3.63, 3.8) is 0 Å². The van der Waals surface area contributed by atoms with E-state index < -0.39 is 11.6 Å². The van der Waals surface area contributed by atoms with E-state index >= 15 is 0 Å². The summed E-state index contributed by atoms with van der Waals surface area (Å²) in [4.78, 5) is 23.7. The molecule has 3 rings (SSSR count). The van der Waals surface area contributed by atoms with Gasteiger partial charge >= 0.3 is 6.03 Å². The van der Waals surface area contributed by atoms with E-state index in [0.29, 0.717) is 0 Å². The molecule has 5 heteroatoms. The van der Waals surface area contributed by atoms with Gasteiger partial charge in [0.25, 0.3) is 5.91 Å². The standard InChI is InChI=1S/C13H13BrN2O2/c1-7-2-3-8-4-5-9(14)6-10(8)13(7)11(17)15-12(18)16-13/h4-7H,2-3H2,1H3,(H2,15,16,17,18). The van der Waals surface area contributed by atoms with Crippen LogP contribution in [-0.2, 0) is 16.8 Å². The van der Waals surface area contributed by atoms with Gasteiger partial charge in [-0.3, -0.25) is 10.1 Å². The largest absolute Gasteiger partial charge is 0.322 e. The lowest BCUT2D eigenvalue weighted by atomic mass is 9.70. The SMILES string of the molecule is CC1CCc2ccc(Br)cc2C12NC(=O)NC2=O. The van der Waals surface area contributed by atoms with Crippen LogP contribution in [0.2, 0.25) is 0 Å². The van der Waals surface area contributed by atoms with Crippen molar-refractivity contribution in [1.29, 1.82) is 0 Å². The maximum atomic E-state index is 12.2. The number of carbonyl (C=O) groups excluding carboxylic acids is 2. The maximum absolute atomic E-state index is 12.2. The van der Waals surface area contributed by atoms with E-state index in [1.54, 1.807) is 0 Å². The van der Waals surface area contributed by atoms with Crippen LogP contribution in [0.15, 0.2) is 22.7 Å². The summed E-state index contributed by atoms with van der Waals surface area (Å²) in [7, 11) is 0. The molecule has 1 aliphatic heterocycles. The second kappa shape index (κ2) is 3.82. The first-order valence-electron chi connectivity index (χ1n) is 5.96. The van der Waals surface area contributed by atoms with Crippen molar-refractivity contribution in [1.82, 2.24) is 10.6 Å². The number of hydrogen-bond acceptors (Lipinski definition) is 2. The van der Waals surface area contributed by atoms with Gasteiger partial charge in [0.05, 0.1) is 0 Å². The summed E-state index contributed by atoms with van der Waals surface area (Å²) in [6.45, 7) is 2.01. The molecule has 1 spiro atoms. The molecular formula is C13H13BrN2O2. The van der Waals surface area contributed by atoms with E-state index in [1.165, 1.54) is 0 Å². The number of aryl methyl sites for hydroxylation is 1. The zero-order valence-electron chi connectivity index (χ0n) is 9.92. The summed E-state index contributed by atoms with van der Waals surface area (Å²) in [5.41, 5.74) is 1.15. The Balaban J connectivity index is 2.23. The van der Waals surface area contributed by atoms with Crippen molar-refractivity contribution in [2.45, 2.75) is 25.3 Å². The molecule has 0 radical (unpaired) electrons. The minimum Gasteiger partial charge on any atom is -0.319 e. The molecule has 0 saturated carbocycles. The van der Waals surface area contributed by atoms with Crippen molar-refractivity contribution in [2.24, 2.45) is 5.92 Å². The van der Waals surface area contributed by atoms with Gasteiger partial charge in [0, 0.05) is 4.47 Å². The van der Waals surface area contributed by atoms with E-state index in [-0.39, 0.29) is 11.8 Å². The number of benzene rings is 1. The number of amides is 3. The highest BCUT2D eigenvalue weighted by Gasteiger charge is 2.53. The molecule has 0 aromatic heterocycles. The van der Waals surface area contributed by atoms with Gasteiger partial charge in [-0.15, -0.1) is 0 Å². The van der Waals surface area contributed by atoms with Crippen molar-refractivity contribution in [3.05, 3.63) is 33.8 Å². The third-order valence-corrected chi connectivity index (χ3v) is 4.47. The van der Waals surface area contributed by atoms with E-state index in [9.17, 15) is 9.59 Å². The van der Waals surface area contributed by atoms with Crippen LogP contribution < -0.4 is 10.6 Å². The van der Waals surface area contributed by atoms with Crippen LogP contribution in [0.4, 0.5) is 4.79 Å². The summed E-state index contributed by atoms with van der Waals surface area (Å²) in [5, 5.41) is 5.20. The Bertz CT molecular complexity index is 558. The molecule has 0 bridgehead atoms. The number of carbonyl (C=O) groups is 2. The topological polar surface area (TPSA) is 58.2 Å². The first kappa shape index (κ1) is 11.7. The van der Waals surface area contributed by atoms with Crippen LogP contribution in [0.5, 0.6) is 0 Å². The highest BCUT2D eigenvalue weighted by molar-refractivity contribution is 9.10. The highest BCUT2D eigenvalue weighted by Crippen LogP contribution is 2.42. The Morgan fingerprint density at radius 2 is 2.17 bits per heavy atom. The monoisotopic (exact) mass is 308 g/mol. The zero-order chi connectivity index (χ0) is 12.9. The quantitative estimate of drug-likeness (QED) is 0.721. The zero-order valence-corrected chi connectivity index (χ0v) is 11.5. The summed E-state index contributed by atoms with van der Waals surface area (Å²) in [6, 6.07) is 5.53. The Kier molecular flexibility index (Phi) is 2.48. The molecule has 1 aromatic rings. The van der Waals surface area contributed by atoms with Crippen LogP contribution in [0, 0.1) is 5.92 Å². The van der Waals surface area contributed by atoms with Gasteiger partial charge in [-0.2, -0.15) is 0 Å². The molecule has 1 fully saturated rings. The third-order valence-electron chi connectivity index (χ3n) is 3.98. The Morgan fingerprint density at radius 3 is 2.83 bits per heavy atom. The lowest BCUT2D eigenvalue weighted by Gasteiger charge is -2.38. The van der Waals surface area contributed by atoms with Gasteiger partial charge in [0.1, 0.15) is 5.54 Å². The fourth-order valence-electron chi connectivity index (χ4n) is 2.99. The smallest absolute Gasteiger partial charge is 0.319 e. The third kappa shape index (κ3) is 1.43. The second-order valence-corrected chi connectivity index (χ2v) is 5.87. The second-order valence-electron chi connectivity index (χ2n) is 4.96. The molecule has 1 heterocycles. The predicted molar refractivity (Wildman–Crippen MR) is 70.0 cm³/mol. The summed E-state index contributed by atoms with van der Waals surface area (Å²) < 4.78 is 0.920. The molecule has 2 atom stereocenters. The average Bonchev–Trinajstić information content (AvgIpc) is 2.61. The first-order valence-corrected chi connectivity index (χ1v) is 6.76. The molecular weight excluding hydrogens is 296 g/mol. The van der Waals surface area contributed by atoms with Crippen LogP contribution in [0.1, 0.15) is 24.5 Å². The van der Waals surface area contributed by atoms with E-state index in [4.69, 9.17) is 0 Å². The summed E-state index contributed by atoms with van der Waals surface area (Å²) in [5.74, 6) is -0.148. The maximum Gasteiger partial charge on any atom is 0.322 e. The number of rotatable bonds is 0. The molecule has 2 unspecified atom stereocenters. The Morgan fingerprint density at radius 1 is 1.39 bits per heavy atom. The number of nitrogens with one attached hydrogen (secondary N) is 2. The first-order chi connectivity index (χ1) is 8.54. The normalized spacial score (nSPS) is 30.0. The van der Waals surface area contributed by atoms with Crippen molar-refractivity contribution in [2.75, 3.05) is 0 Å². The molecule has 94 valence electrons. The lowest BCUT2D eigenvalue weighted by molar-refractivity contribution is -0.126. The van der Waals surface area contributed by atoms with Gasteiger partial charge in [0.15, 0.2) is 0 Å². The molecule has 4 nitrogen and oxygen atoms in total. The number of fused-ring (bicyclic) bond motifs is 2. The van der Waals surface area contributed by atoms with Gasteiger partial charge in [-0.25, -0.2) is 4.79 Å². The minimum atomic E-state index is -0.894. The van der Waals surface area contributed by atoms with E-state index in [1.807, 2.05) is 25.1 Å². The molecule has 1 aromatic carbocycles. The fraction of sp³-hybridized carbons (Fsp3) is 0.385. The molecule has 18 heavy (non-hydrogen) atoms. The Labute approximate surface area is 113 Å². The predicted octanol–water partition coefficient (Wildman–Crippen LogP) is 2.07. The van der Waals surface area contributed by atoms with Gasteiger partial charge < -0.3 is 5.32 Å². The van der Waals surface area contributed by atoms with Crippen LogP contribution in [0.25, 0.3) is 0 Å². The van der Waals surface area contributed by atoms with Gasteiger partial charge in [0.2, 0.25) is 0 Å². The minimum absolute atomic E-state index is 0.0887. The average molecular weight is 309 g/mol. The summed E-state index contributed by atoms with van der Waals surface area (Å²) in [6.07, 6.45) is 1.83. The van der Waals surface area contributed by atoms with Gasteiger partial charge in [-0.05, 0) is 42.0 Å². The number of imide groups is 1. The molecule has 1 saturated heterocycles. The van der Waals surface area contributed by atoms with Crippen molar-refractivity contribution >= 4 is 27.9 Å². The lowest BCUT2D eigenvalue weighted by Crippen LogP contribution is -2.51. The van der Waals surface area contributed by atoms with Crippen molar-refractivity contribution < 1.29 is 9.59 Å². The highest BCUT2D eigenvalue weighted by atomic mass is 79.9. The molecule has 3 amide bonds. The molecule has 2 aliphatic rings. The summed E-state index contributed by atoms with van der Waals surface area (Å²) >= 11 is 3.43. The number of hydrogen-bond donors (Lipinski definition) is 2. The molecule has 1 aliphatic carbocycles. The molecule has 2 N–H and O–H groups in total. The van der Waals surface area contributed by atoms with Crippen LogP contribution >= 0.6 is 15.9 Å². The van der Waals surface area contributed by atoms with E-state index in [2.05, 4.69) is 26.6 Å². The number of halogens is 1. The number of urea groups is 1. The fourth-order valence-corrected chi connectivity index (χ4v) is 3.35. The van der Waals surface area contributed by atoms with Crippen LogP contribution in [0.3, 0.4) is 0 Å². The van der Waals surface area contributed by atoms with Crippen molar-refractivity contribution in [3.8, 4) is 0 Å². The Hall–Kier alpha value is -1.36.